The Morgan fingerprint density at radius 1 is 0.340 bits per heavy atom. The van der Waals surface area contributed by atoms with Crippen LogP contribution in [0.2, 0.25) is 0 Å². The van der Waals surface area contributed by atoms with E-state index in [1.54, 1.807) is 0 Å². The molecule has 0 amide bonds. The molecule has 0 saturated carbocycles. The molecular weight excluding hydrogens is 565 g/mol. The normalized spacial score (nSPS) is 13.5. The maximum atomic E-state index is 2.44. The van der Waals surface area contributed by atoms with Crippen LogP contribution in [0.4, 0.5) is 0 Å². The molecule has 0 heteroatoms. The SMILES string of the molecule is CC1(C)c2cc(-c3cccc(-c4ccc5ccc6c(-c7ccccc7)ccc7ccc4c5c76)c3)ccc2-c2c1ccc1ccccc21. The largest absolute Gasteiger partial charge is 0.0622 e. The lowest BCUT2D eigenvalue weighted by molar-refractivity contribution is 0.661. The first-order valence-electron chi connectivity index (χ1n) is 16.6. The van der Waals surface area contributed by atoms with E-state index in [0.717, 1.165) is 0 Å². The average Bonchev–Trinajstić information content (AvgIpc) is 3.36. The summed E-state index contributed by atoms with van der Waals surface area (Å²) in [6, 6.07) is 58.8. The van der Waals surface area contributed by atoms with Crippen LogP contribution in [0, 0.1) is 0 Å². The van der Waals surface area contributed by atoms with Gasteiger partial charge in [0.1, 0.15) is 0 Å². The van der Waals surface area contributed by atoms with Gasteiger partial charge in [-0.2, -0.15) is 0 Å². The molecule has 0 nitrogen and oxygen atoms in total. The minimum atomic E-state index is -0.0625. The van der Waals surface area contributed by atoms with Gasteiger partial charge in [-0.15, -0.1) is 0 Å². The Bertz CT molecular complexity index is 2690. The van der Waals surface area contributed by atoms with Gasteiger partial charge in [-0.05, 0) is 111 Å². The molecule has 9 aromatic rings. The Balaban J connectivity index is 1.13. The van der Waals surface area contributed by atoms with Crippen LogP contribution in [0.15, 0.2) is 158 Å². The van der Waals surface area contributed by atoms with Crippen LogP contribution >= 0.6 is 0 Å². The maximum absolute atomic E-state index is 2.44. The smallest absolute Gasteiger partial charge is 0.0159 e. The zero-order valence-corrected chi connectivity index (χ0v) is 26.5. The van der Waals surface area contributed by atoms with Crippen LogP contribution in [-0.2, 0) is 5.41 Å². The van der Waals surface area contributed by atoms with E-state index >= 15 is 0 Å². The monoisotopic (exact) mass is 596 g/mol. The van der Waals surface area contributed by atoms with Crippen molar-refractivity contribution >= 4 is 43.1 Å². The molecule has 10 rings (SSSR count). The van der Waals surface area contributed by atoms with Crippen molar-refractivity contribution in [3.8, 4) is 44.5 Å². The van der Waals surface area contributed by atoms with E-state index in [1.165, 1.54) is 98.7 Å². The third-order valence-electron chi connectivity index (χ3n) is 10.8. The van der Waals surface area contributed by atoms with E-state index in [2.05, 4.69) is 172 Å². The van der Waals surface area contributed by atoms with Crippen molar-refractivity contribution in [2.45, 2.75) is 19.3 Å². The van der Waals surface area contributed by atoms with Crippen LogP contribution in [0.25, 0.3) is 87.6 Å². The summed E-state index contributed by atoms with van der Waals surface area (Å²) in [6.45, 7) is 4.75. The van der Waals surface area contributed by atoms with Crippen molar-refractivity contribution in [1.82, 2.24) is 0 Å². The van der Waals surface area contributed by atoms with Crippen LogP contribution in [-0.4, -0.2) is 0 Å². The molecular formula is C47H32. The second kappa shape index (κ2) is 9.64. The summed E-state index contributed by atoms with van der Waals surface area (Å²) < 4.78 is 0. The van der Waals surface area contributed by atoms with Gasteiger partial charge in [-0.1, -0.05) is 159 Å². The number of rotatable bonds is 3. The van der Waals surface area contributed by atoms with Gasteiger partial charge in [-0.25, -0.2) is 0 Å². The molecule has 47 heavy (non-hydrogen) atoms. The molecule has 0 heterocycles. The van der Waals surface area contributed by atoms with E-state index in [4.69, 9.17) is 0 Å². The minimum absolute atomic E-state index is 0.0625. The molecule has 0 aliphatic heterocycles. The van der Waals surface area contributed by atoms with Gasteiger partial charge in [0.2, 0.25) is 0 Å². The average molecular weight is 597 g/mol. The maximum Gasteiger partial charge on any atom is 0.0159 e. The lowest BCUT2D eigenvalue weighted by Crippen LogP contribution is -2.15. The first-order valence-corrected chi connectivity index (χ1v) is 16.6. The third kappa shape index (κ3) is 3.76. The van der Waals surface area contributed by atoms with Gasteiger partial charge in [0.15, 0.2) is 0 Å². The molecule has 220 valence electrons. The molecule has 0 unspecified atom stereocenters. The number of hydrogen-bond donors (Lipinski definition) is 0. The van der Waals surface area contributed by atoms with Crippen LogP contribution in [0.5, 0.6) is 0 Å². The van der Waals surface area contributed by atoms with E-state index in [9.17, 15) is 0 Å². The van der Waals surface area contributed by atoms with Gasteiger partial charge in [0.05, 0.1) is 0 Å². The zero-order valence-electron chi connectivity index (χ0n) is 26.5. The molecule has 9 aromatic carbocycles. The van der Waals surface area contributed by atoms with E-state index in [1.807, 2.05) is 0 Å². The fraction of sp³-hybridized carbons (Fsp3) is 0.0638. The summed E-state index contributed by atoms with van der Waals surface area (Å²) in [5.74, 6) is 0. The van der Waals surface area contributed by atoms with Crippen molar-refractivity contribution in [2.24, 2.45) is 0 Å². The lowest BCUT2D eigenvalue weighted by atomic mass is 9.81. The molecule has 0 aromatic heterocycles. The molecule has 0 saturated heterocycles. The zero-order chi connectivity index (χ0) is 31.3. The second-order valence-electron chi connectivity index (χ2n) is 13.7. The topological polar surface area (TPSA) is 0 Å². The van der Waals surface area contributed by atoms with Gasteiger partial charge in [0, 0.05) is 5.41 Å². The Morgan fingerprint density at radius 3 is 1.68 bits per heavy atom. The van der Waals surface area contributed by atoms with Gasteiger partial charge >= 0.3 is 0 Å². The Labute approximate surface area is 274 Å². The Hall–Kier alpha value is -5.72. The van der Waals surface area contributed by atoms with E-state index in [-0.39, 0.29) is 5.41 Å². The highest BCUT2D eigenvalue weighted by Gasteiger charge is 2.36. The van der Waals surface area contributed by atoms with Crippen molar-refractivity contribution in [1.29, 1.82) is 0 Å². The summed E-state index contributed by atoms with van der Waals surface area (Å²) in [5.41, 5.74) is 13.1. The summed E-state index contributed by atoms with van der Waals surface area (Å²) in [4.78, 5) is 0. The highest BCUT2D eigenvalue weighted by molar-refractivity contribution is 6.27. The van der Waals surface area contributed by atoms with Gasteiger partial charge in [-0.3, -0.25) is 0 Å². The molecule has 0 N–H and O–H groups in total. The molecule has 0 atom stereocenters. The number of hydrogen-bond acceptors (Lipinski definition) is 0. The predicted molar refractivity (Wildman–Crippen MR) is 202 cm³/mol. The van der Waals surface area contributed by atoms with Crippen LogP contribution in [0.1, 0.15) is 25.0 Å². The standard InChI is InChI=1S/C47H32/c1-47(2)42-26-20-30-11-6-7-14-38(30)46(42)41-25-19-34(28-43(41)47)33-12-8-13-35(27-33)37-22-16-32-17-23-39-36(29-9-4-3-5-10-29)21-15-31-18-24-40(37)45(32)44(31)39/h3-28H,1-2H3. The Kier molecular flexibility index (Phi) is 5.44. The molecule has 1 aliphatic rings. The van der Waals surface area contributed by atoms with E-state index < -0.39 is 0 Å². The first kappa shape index (κ1) is 26.5. The summed E-state index contributed by atoms with van der Waals surface area (Å²) in [5, 5.41) is 10.5. The van der Waals surface area contributed by atoms with Crippen molar-refractivity contribution in [2.75, 3.05) is 0 Å². The molecule has 0 radical (unpaired) electrons. The van der Waals surface area contributed by atoms with Crippen molar-refractivity contribution in [3.63, 3.8) is 0 Å². The number of benzene rings is 9. The summed E-state index contributed by atoms with van der Waals surface area (Å²) >= 11 is 0. The molecule has 0 spiro atoms. The predicted octanol–water partition coefficient (Wildman–Crippen LogP) is 13.0. The quantitative estimate of drug-likeness (QED) is 0.178. The molecule has 0 fully saturated rings. The second-order valence-corrected chi connectivity index (χ2v) is 13.7. The Morgan fingerprint density at radius 2 is 0.915 bits per heavy atom. The van der Waals surface area contributed by atoms with Crippen LogP contribution in [0.3, 0.4) is 0 Å². The lowest BCUT2D eigenvalue weighted by Gasteiger charge is -2.22. The van der Waals surface area contributed by atoms with Crippen LogP contribution < -0.4 is 0 Å². The van der Waals surface area contributed by atoms with E-state index in [0.29, 0.717) is 0 Å². The fourth-order valence-electron chi connectivity index (χ4n) is 8.48. The third-order valence-corrected chi connectivity index (χ3v) is 10.8. The fourth-order valence-corrected chi connectivity index (χ4v) is 8.48. The highest BCUT2D eigenvalue weighted by atomic mass is 14.4. The first-order chi connectivity index (χ1) is 23.1. The number of fused-ring (bicyclic) bond motifs is 5. The van der Waals surface area contributed by atoms with Gasteiger partial charge < -0.3 is 0 Å². The van der Waals surface area contributed by atoms with Crippen molar-refractivity contribution in [3.05, 3.63) is 169 Å². The summed E-state index contributed by atoms with van der Waals surface area (Å²) in [6.07, 6.45) is 0. The molecule has 0 bridgehead atoms. The van der Waals surface area contributed by atoms with Gasteiger partial charge in [0.25, 0.3) is 0 Å². The van der Waals surface area contributed by atoms with Crippen molar-refractivity contribution < 1.29 is 0 Å². The summed E-state index contributed by atoms with van der Waals surface area (Å²) in [7, 11) is 0. The highest BCUT2D eigenvalue weighted by Crippen LogP contribution is 2.52. The molecule has 1 aliphatic carbocycles. The minimum Gasteiger partial charge on any atom is -0.0622 e.